The van der Waals surface area contributed by atoms with E-state index in [0.29, 0.717) is 11.3 Å². The standard InChI is InChI=1S/C14H10F2N2O/c15-11-3-9(4-12(18)5-11)8-19-13-2-1-10(7-17)14(16)6-13/h1-6H,8,18H2. The van der Waals surface area contributed by atoms with Crippen molar-refractivity contribution in [3.8, 4) is 11.8 Å². The highest BCUT2D eigenvalue weighted by molar-refractivity contribution is 5.41. The van der Waals surface area contributed by atoms with E-state index >= 15 is 0 Å². The number of nitrogens with two attached hydrogens (primary N) is 1. The molecule has 0 heterocycles. The number of nitrogens with zero attached hydrogens (tertiary/aromatic N) is 1. The number of anilines is 1. The van der Waals surface area contributed by atoms with Crippen LogP contribution in [0.5, 0.6) is 5.75 Å². The Morgan fingerprint density at radius 2 is 1.95 bits per heavy atom. The summed E-state index contributed by atoms with van der Waals surface area (Å²) >= 11 is 0. The van der Waals surface area contributed by atoms with Crippen LogP contribution in [-0.2, 0) is 6.61 Å². The van der Waals surface area contributed by atoms with E-state index in [1.54, 1.807) is 12.1 Å². The van der Waals surface area contributed by atoms with Gasteiger partial charge in [0.25, 0.3) is 0 Å². The van der Waals surface area contributed by atoms with Gasteiger partial charge in [0.2, 0.25) is 0 Å². The zero-order chi connectivity index (χ0) is 13.8. The monoisotopic (exact) mass is 260 g/mol. The number of benzene rings is 2. The van der Waals surface area contributed by atoms with Gasteiger partial charge in [-0.25, -0.2) is 8.78 Å². The summed E-state index contributed by atoms with van der Waals surface area (Å²) in [5, 5.41) is 8.59. The van der Waals surface area contributed by atoms with E-state index in [-0.39, 0.29) is 17.9 Å². The number of hydrogen-bond donors (Lipinski definition) is 1. The molecule has 0 aromatic heterocycles. The van der Waals surface area contributed by atoms with Crippen LogP contribution in [0.25, 0.3) is 0 Å². The van der Waals surface area contributed by atoms with Crippen LogP contribution < -0.4 is 10.5 Å². The van der Waals surface area contributed by atoms with E-state index in [1.165, 1.54) is 24.3 Å². The highest BCUT2D eigenvalue weighted by Crippen LogP contribution is 2.18. The molecule has 0 radical (unpaired) electrons. The first-order valence-corrected chi connectivity index (χ1v) is 5.46. The molecule has 0 bridgehead atoms. The molecule has 0 fully saturated rings. The van der Waals surface area contributed by atoms with Gasteiger partial charge in [0.05, 0.1) is 5.56 Å². The Hall–Kier alpha value is -2.61. The van der Waals surface area contributed by atoms with Gasteiger partial charge in [-0.2, -0.15) is 5.26 Å². The molecule has 3 nitrogen and oxygen atoms in total. The van der Waals surface area contributed by atoms with E-state index in [4.69, 9.17) is 15.7 Å². The SMILES string of the molecule is N#Cc1ccc(OCc2cc(N)cc(F)c2)cc1F. The summed E-state index contributed by atoms with van der Waals surface area (Å²) in [5.74, 6) is -0.845. The van der Waals surface area contributed by atoms with Gasteiger partial charge in [0.15, 0.2) is 0 Å². The van der Waals surface area contributed by atoms with Gasteiger partial charge in [-0.05, 0) is 35.9 Å². The summed E-state index contributed by atoms with van der Waals surface area (Å²) < 4.78 is 31.7. The molecule has 0 unspecified atom stereocenters. The molecular weight excluding hydrogens is 250 g/mol. The second kappa shape index (κ2) is 5.36. The summed E-state index contributed by atoms with van der Waals surface area (Å²) in [6, 6.07) is 9.69. The van der Waals surface area contributed by atoms with Crippen LogP contribution in [0.1, 0.15) is 11.1 Å². The van der Waals surface area contributed by atoms with Crippen LogP contribution in [0, 0.1) is 23.0 Å². The molecule has 0 amide bonds. The number of ether oxygens (including phenoxy) is 1. The maximum Gasteiger partial charge on any atom is 0.144 e. The Bertz CT molecular complexity index is 630. The van der Waals surface area contributed by atoms with Crippen molar-refractivity contribution in [1.29, 1.82) is 5.26 Å². The average Bonchev–Trinajstić information content (AvgIpc) is 2.35. The summed E-state index contributed by atoms with van der Waals surface area (Å²) in [6.07, 6.45) is 0. The lowest BCUT2D eigenvalue weighted by molar-refractivity contribution is 0.304. The van der Waals surface area contributed by atoms with Gasteiger partial charge < -0.3 is 10.5 Å². The Morgan fingerprint density at radius 1 is 1.16 bits per heavy atom. The topological polar surface area (TPSA) is 59.0 Å². The van der Waals surface area contributed by atoms with Crippen molar-refractivity contribution in [3.63, 3.8) is 0 Å². The molecule has 0 saturated heterocycles. The molecule has 2 rings (SSSR count). The van der Waals surface area contributed by atoms with Gasteiger partial charge >= 0.3 is 0 Å². The lowest BCUT2D eigenvalue weighted by Crippen LogP contribution is -1.98. The van der Waals surface area contributed by atoms with Gasteiger partial charge in [-0.15, -0.1) is 0 Å². The van der Waals surface area contributed by atoms with Gasteiger partial charge in [0, 0.05) is 11.8 Å². The molecule has 2 N–H and O–H groups in total. The predicted octanol–water partition coefficient (Wildman–Crippen LogP) is 3.00. The maximum absolute atomic E-state index is 13.3. The van der Waals surface area contributed by atoms with E-state index in [0.717, 1.165) is 6.07 Å². The minimum atomic E-state index is -0.654. The minimum Gasteiger partial charge on any atom is -0.489 e. The highest BCUT2D eigenvalue weighted by Gasteiger charge is 2.04. The van der Waals surface area contributed by atoms with Crippen LogP contribution in [0.4, 0.5) is 14.5 Å². The molecule has 0 saturated carbocycles. The Labute approximate surface area is 108 Å². The zero-order valence-corrected chi connectivity index (χ0v) is 9.86. The van der Waals surface area contributed by atoms with E-state index in [2.05, 4.69) is 0 Å². The maximum atomic E-state index is 13.3. The predicted molar refractivity (Wildman–Crippen MR) is 66.3 cm³/mol. The van der Waals surface area contributed by atoms with E-state index in [9.17, 15) is 8.78 Å². The lowest BCUT2D eigenvalue weighted by atomic mass is 10.2. The first-order valence-electron chi connectivity index (χ1n) is 5.46. The molecule has 19 heavy (non-hydrogen) atoms. The Kier molecular flexibility index (Phi) is 3.62. The quantitative estimate of drug-likeness (QED) is 0.863. The first-order chi connectivity index (χ1) is 9.08. The molecule has 0 aliphatic rings. The molecular formula is C14H10F2N2O. The van der Waals surface area contributed by atoms with Crippen LogP contribution in [0.3, 0.4) is 0 Å². The first kappa shape index (κ1) is 12.8. The zero-order valence-electron chi connectivity index (χ0n) is 9.86. The van der Waals surface area contributed by atoms with Gasteiger partial charge in [-0.3, -0.25) is 0 Å². The largest absolute Gasteiger partial charge is 0.489 e. The molecule has 5 heteroatoms. The van der Waals surface area contributed by atoms with Gasteiger partial charge in [0.1, 0.15) is 30.1 Å². The fourth-order valence-electron chi connectivity index (χ4n) is 1.60. The molecule has 2 aromatic carbocycles. The second-order valence-electron chi connectivity index (χ2n) is 3.93. The van der Waals surface area contributed by atoms with Crippen molar-refractivity contribution in [3.05, 3.63) is 59.2 Å². The van der Waals surface area contributed by atoms with Crippen LogP contribution >= 0.6 is 0 Å². The number of nitrogen functional groups attached to an aromatic ring is 1. The normalized spacial score (nSPS) is 9.95. The smallest absolute Gasteiger partial charge is 0.144 e. The summed E-state index contributed by atoms with van der Waals surface area (Å²) in [6.45, 7) is 0.0628. The van der Waals surface area contributed by atoms with Crippen LogP contribution in [0.2, 0.25) is 0 Å². The number of rotatable bonds is 3. The second-order valence-corrected chi connectivity index (χ2v) is 3.93. The third kappa shape index (κ3) is 3.19. The summed E-state index contributed by atoms with van der Waals surface area (Å²) in [5.41, 5.74) is 6.29. The third-order valence-electron chi connectivity index (χ3n) is 2.45. The highest BCUT2D eigenvalue weighted by atomic mass is 19.1. The summed E-state index contributed by atoms with van der Waals surface area (Å²) in [4.78, 5) is 0. The fourth-order valence-corrected chi connectivity index (χ4v) is 1.60. The van der Waals surface area contributed by atoms with Crippen LogP contribution in [-0.4, -0.2) is 0 Å². The molecule has 96 valence electrons. The number of halogens is 2. The van der Waals surface area contributed by atoms with Crippen molar-refractivity contribution < 1.29 is 13.5 Å². The van der Waals surface area contributed by atoms with Crippen molar-refractivity contribution in [1.82, 2.24) is 0 Å². The van der Waals surface area contributed by atoms with Crippen molar-refractivity contribution in [2.75, 3.05) is 5.73 Å². The Morgan fingerprint density at radius 3 is 2.58 bits per heavy atom. The third-order valence-corrected chi connectivity index (χ3v) is 2.45. The number of hydrogen-bond acceptors (Lipinski definition) is 3. The average molecular weight is 260 g/mol. The molecule has 0 atom stereocenters. The molecule has 2 aromatic rings. The minimum absolute atomic E-state index is 0.0534. The Balaban J connectivity index is 2.10. The van der Waals surface area contributed by atoms with Gasteiger partial charge in [-0.1, -0.05) is 0 Å². The van der Waals surface area contributed by atoms with Crippen LogP contribution in [0.15, 0.2) is 36.4 Å². The van der Waals surface area contributed by atoms with E-state index < -0.39 is 11.6 Å². The molecule has 0 spiro atoms. The van der Waals surface area contributed by atoms with Crippen molar-refractivity contribution >= 4 is 5.69 Å². The fraction of sp³-hybridized carbons (Fsp3) is 0.0714. The molecule has 0 aliphatic carbocycles. The van der Waals surface area contributed by atoms with E-state index in [1.807, 2.05) is 0 Å². The summed E-state index contributed by atoms with van der Waals surface area (Å²) in [7, 11) is 0. The van der Waals surface area contributed by atoms with Crippen molar-refractivity contribution in [2.45, 2.75) is 6.61 Å². The number of nitriles is 1. The van der Waals surface area contributed by atoms with Crippen molar-refractivity contribution in [2.24, 2.45) is 0 Å². The lowest BCUT2D eigenvalue weighted by Gasteiger charge is -2.07. The molecule has 0 aliphatic heterocycles.